The van der Waals surface area contributed by atoms with Crippen LogP contribution in [0.3, 0.4) is 0 Å². The van der Waals surface area contributed by atoms with Gasteiger partial charge in [0, 0.05) is 24.1 Å². The molecule has 1 aromatic heterocycles. The number of hydrogen-bond donors (Lipinski definition) is 2. The summed E-state index contributed by atoms with van der Waals surface area (Å²) in [4.78, 5) is 19.7. The Labute approximate surface area is 153 Å². The van der Waals surface area contributed by atoms with Gasteiger partial charge in [0.2, 0.25) is 16.0 Å². The Morgan fingerprint density at radius 3 is 2.60 bits per heavy atom. The molecule has 0 bridgehead atoms. The SMILES string of the molecule is CN(C)S(=O)(=O)c1cc(C(=O)Nc2nc3ccccc3[nH]2)ccc1Br. The van der Waals surface area contributed by atoms with Gasteiger partial charge in [0.05, 0.1) is 15.9 Å². The number of anilines is 1. The molecule has 0 aliphatic carbocycles. The fourth-order valence-corrected chi connectivity index (χ4v) is 4.07. The highest BCUT2D eigenvalue weighted by molar-refractivity contribution is 9.10. The van der Waals surface area contributed by atoms with Crippen molar-refractivity contribution in [2.24, 2.45) is 0 Å². The average molecular weight is 423 g/mol. The zero-order chi connectivity index (χ0) is 18.2. The van der Waals surface area contributed by atoms with Gasteiger partial charge in [-0.25, -0.2) is 17.7 Å². The number of aromatic nitrogens is 2. The van der Waals surface area contributed by atoms with Crippen LogP contribution < -0.4 is 5.32 Å². The first-order valence-electron chi connectivity index (χ1n) is 7.27. The van der Waals surface area contributed by atoms with Crippen molar-refractivity contribution in [2.75, 3.05) is 19.4 Å². The number of carbonyl (C=O) groups excluding carboxylic acids is 1. The Morgan fingerprint density at radius 1 is 1.20 bits per heavy atom. The van der Waals surface area contributed by atoms with Crippen LogP contribution in [0.1, 0.15) is 10.4 Å². The van der Waals surface area contributed by atoms with E-state index in [2.05, 4.69) is 31.2 Å². The third-order valence-corrected chi connectivity index (χ3v) is 6.38. The molecule has 25 heavy (non-hydrogen) atoms. The van der Waals surface area contributed by atoms with E-state index in [-0.39, 0.29) is 10.5 Å². The number of rotatable bonds is 4. The van der Waals surface area contributed by atoms with Gasteiger partial charge in [-0.3, -0.25) is 10.1 Å². The number of fused-ring (bicyclic) bond motifs is 1. The molecule has 1 amide bonds. The molecular weight excluding hydrogens is 408 g/mol. The van der Waals surface area contributed by atoms with Crippen LogP contribution in [0.5, 0.6) is 0 Å². The lowest BCUT2D eigenvalue weighted by Crippen LogP contribution is -2.23. The van der Waals surface area contributed by atoms with Crippen LogP contribution in [0.2, 0.25) is 0 Å². The Balaban J connectivity index is 1.92. The van der Waals surface area contributed by atoms with Gasteiger partial charge in [-0.1, -0.05) is 12.1 Å². The number of nitrogens with zero attached hydrogens (tertiary/aromatic N) is 2. The predicted molar refractivity (Wildman–Crippen MR) is 99.1 cm³/mol. The fourth-order valence-electron chi connectivity index (χ4n) is 2.23. The molecule has 0 spiro atoms. The highest BCUT2D eigenvalue weighted by Crippen LogP contribution is 2.25. The summed E-state index contributed by atoms with van der Waals surface area (Å²) in [6.45, 7) is 0. The molecule has 7 nitrogen and oxygen atoms in total. The molecule has 0 radical (unpaired) electrons. The number of benzene rings is 2. The molecular formula is C16H15BrN4O3S. The summed E-state index contributed by atoms with van der Waals surface area (Å²) < 4.78 is 26.2. The van der Waals surface area contributed by atoms with E-state index in [9.17, 15) is 13.2 Å². The summed E-state index contributed by atoms with van der Waals surface area (Å²) in [5, 5.41) is 2.65. The predicted octanol–water partition coefficient (Wildman–Crippen LogP) is 2.83. The van der Waals surface area contributed by atoms with Gasteiger partial charge in [0.1, 0.15) is 0 Å². The molecule has 130 valence electrons. The van der Waals surface area contributed by atoms with E-state index < -0.39 is 15.9 Å². The number of imidazole rings is 1. The van der Waals surface area contributed by atoms with Crippen molar-refractivity contribution in [3.05, 3.63) is 52.5 Å². The molecule has 2 N–H and O–H groups in total. The van der Waals surface area contributed by atoms with Crippen molar-refractivity contribution < 1.29 is 13.2 Å². The minimum Gasteiger partial charge on any atom is -0.324 e. The van der Waals surface area contributed by atoms with E-state index in [4.69, 9.17) is 0 Å². The zero-order valence-corrected chi connectivity index (χ0v) is 15.8. The van der Waals surface area contributed by atoms with Gasteiger partial charge in [-0.2, -0.15) is 0 Å². The molecule has 3 rings (SSSR count). The van der Waals surface area contributed by atoms with Crippen LogP contribution in [-0.2, 0) is 10.0 Å². The summed E-state index contributed by atoms with van der Waals surface area (Å²) in [5.41, 5.74) is 1.73. The molecule has 0 saturated heterocycles. The van der Waals surface area contributed by atoms with Crippen molar-refractivity contribution in [3.8, 4) is 0 Å². The van der Waals surface area contributed by atoms with Crippen LogP contribution in [0.15, 0.2) is 51.8 Å². The van der Waals surface area contributed by atoms with E-state index in [0.29, 0.717) is 10.4 Å². The lowest BCUT2D eigenvalue weighted by atomic mass is 10.2. The Morgan fingerprint density at radius 2 is 1.92 bits per heavy atom. The van der Waals surface area contributed by atoms with Gasteiger partial charge in [0.25, 0.3) is 5.91 Å². The van der Waals surface area contributed by atoms with Gasteiger partial charge in [-0.15, -0.1) is 0 Å². The van der Waals surface area contributed by atoms with Crippen molar-refractivity contribution in [1.29, 1.82) is 0 Å². The van der Waals surface area contributed by atoms with E-state index in [1.807, 2.05) is 24.3 Å². The topological polar surface area (TPSA) is 95.2 Å². The lowest BCUT2D eigenvalue weighted by Gasteiger charge is -2.13. The number of H-pyrrole nitrogens is 1. The summed E-state index contributed by atoms with van der Waals surface area (Å²) in [7, 11) is -0.807. The van der Waals surface area contributed by atoms with Gasteiger partial charge in [-0.05, 0) is 46.3 Å². The number of para-hydroxylation sites is 2. The molecule has 2 aromatic carbocycles. The van der Waals surface area contributed by atoms with Crippen LogP contribution >= 0.6 is 15.9 Å². The largest absolute Gasteiger partial charge is 0.324 e. The smallest absolute Gasteiger partial charge is 0.258 e. The molecule has 9 heteroatoms. The first-order valence-corrected chi connectivity index (χ1v) is 9.50. The van der Waals surface area contributed by atoms with E-state index >= 15 is 0 Å². The average Bonchev–Trinajstić information content (AvgIpc) is 2.96. The minimum absolute atomic E-state index is 0.0229. The third-order valence-electron chi connectivity index (χ3n) is 3.57. The lowest BCUT2D eigenvalue weighted by molar-refractivity contribution is 0.102. The fraction of sp³-hybridized carbons (Fsp3) is 0.125. The molecule has 0 fully saturated rings. The second-order valence-electron chi connectivity index (χ2n) is 5.49. The van der Waals surface area contributed by atoms with Crippen LogP contribution in [0.4, 0.5) is 5.95 Å². The van der Waals surface area contributed by atoms with Crippen molar-refractivity contribution >= 4 is 48.8 Å². The van der Waals surface area contributed by atoms with Crippen molar-refractivity contribution in [3.63, 3.8) is 0 Å². The summed E-state index contributed by atoms with van der Waals surface area (Å²) >= 11 is 3.22. The standard InChI is InChI=1S/C16H15BrN4O3S/c1-21(2)25(23,24)14-9-10(7-8-11(14)17)15(22)20-16-18-12-5-3-4-6-13(12)19-16/h3-9H,1-2H3,(H2,18,19,20,22). The number of carbonyl (C=O) groups is 1. The Bertz CT molecular complexity index is 1030. The molecule has 3 aromatic rings. The Kier molecular flexibility index (Phi) is 4.63. The number of sulfonamides is 1. The zero-order valence-electron chi connectivity index (χ0n) is 13.4. The van der Waals surface area contributed by atoms with Gasteiger partial charge >= 0.3 is 0 Å². The molecule has 0 unspecified atom stereocenters. The van der Waals surface area contributed by atoms with Crippen molar-refractivity contribution in [2.45, 2.75) is 4.90 Å². The van der Waals surface area contributed by atoms with E-state index in [0.717, 1.165) is 15.3 Å². The number of aromatic amines is 1. The molecule has 0 aliphatic rings. The summed E-state index contributed by atoms with van der Waals surface area (Å²) in [6, 6.07) is 11.8. The monoisotopic (exact) mass is 422 g/mol. The minimum atomic E-state index is -3.67. The second kappa shape index (κ2) is 6.58. The van der Waals surface area contributed by atoms with E-state index in [1.165, 1.54) is 32.3 Å². The number of halogens is 1. The molecule has 1 heterocycles. The second-order valence-corrected chi connectivity index (χ2v) is 8.46. The number of amides is 1. The maximum absolute atomic E-state index is 12.5. The van der Waals surface area contributed by atoms with Crippen molar-refractivity contribution in [1.82, 2.24) is 14.3 Å². The summed E-state index contributed by atoms with van der Waals surface area (Å²) in [5.74, 6) is -0.159. The third kappa shape index (κ3) is 3.44. The normalized spacial score (nSPS) is 11.8. The summed E-state index contributed by atoms with van der Waals surface area (Å²) in [6.07, 6.45) is 0. The van der Waals surface area contributed by atoms with E-state index in [1.54, 1.807) is 0 Å². The molecule has 0 atom stereocenters. The maximum Gasteiger partial charge on any atom is 0.258 e. The van der Waals surface area contributed by atoms with Gasteiger partial charge < -0.3 is 4.98 Å². The highest BCUT2D eigenvalue weighted by Gasteiger charge is 2.22. The quantitative estimate of drug-likeness (QED) is 0.675. The maximum atomic E-state index is 12.5. The van der Waals surface area contributed by atoms with Crippen LogP contribution in [-0.4, -0.2) is 42.7 Å². The van der Waals surface area contributed by atoms with Gasteiger partial charge in [0.15, 0.2) is 0 Å². The molecule has 0 saturated carbocycles. The number of nitrogens with one attached hydrogen (secondary N) is 2. The van der Waals surface area contributed by atoms with Crippen LogP contribution in [0.25, 0.3) is 11.0 Å². The first kappa shape index (κ1) is 17.6. The molecule has 0 aliphatic heterocycles. The first-order chi connectivity index (χ1) is 11.8. The highest BCUT2D eigenvalue weighted by atomic mass is 79.9. The number of hydrogen-bond acceptors (Lipinski definition) is 4. The van der Waals surface area contributed by atoms with Crippen LogP contribution in [0, 0.1) is 0 Å². The Hall–Kier alpha value is -2.23.